The largest absolute Gasteiger partial charge is 0.316 e. The maximum Gasteiger partial charge on any atom is 0.00201 e. The Morgan fingerprint density at radius 3 is 2.25 bits per heavy atom. The summed E-state index contributed by atoms with van der Waals surface area (Å²) in [6.45, 7) is 11.1. The molecular formula is C15H25N. The van der Waals surface area contributed by atoms with Crippen LogP contribution >= 0.6 is 0 Å². The van der Waals surface area contributed by atoms with Crippen molar-refractivity contribution >= 4 is 0 Å². The van der Waals surface area contributed by atoms with Crippen LogP contribution in [0.5, 0.6) is 0 Å². The highest BCUT2D eigenvalue weighted by Gasteiger charge is 2.12. The Balaban J connectivity index is 2.70. The fraction of sp³-hybridized carbons (Fsp3) is 0.600. The van der Waals surface area contributed by atoms with Crippen LogP contribution in [0.3, 0.4) is 0 Å². The molecule has 1 nitrogen and oxygen atoms in total. The van der Waals surface area contributed by atoms with Gasteiger partial charge in [-0.25, -0.2) is 0 Å². The zero-order chi connectivity index (χ0) is 12.0. The molecule has 90 valence electrons. The van der Waals surface area contributed by atoms with Crippen molar-refractivity contribution in [1.29, 1.82) is 0 Å². The van der Waals surface area contributed by atoms with Crippen LogP contribution in [0.2, 0.25) is 0 Å². The lowest BCUT2D eigenvalue weighted by Crippen LogP contribution is -2.22. The molecule has 0 aromatic heterocycles. The molecule has 1 rings (SSSR count). The van der Waals surface area contributed by atoms with E-state index in [0.29, 0.717) is 5.92 Å². The monoisotopic (exact) mass is 219 g/mol. The zero-order valence-electron chi connectivity index (χ0n) is 11.1. The van der Waals surface area contributed by atoms with Gasteiger partial charge in [-0.3, -0.25) is 0 Å². The van der Waals surface area contributed by atoms with Crippen molar-refractivity contribution in [2.45, 2.75) is 40.0 Å². The number of hydrogen-bond donors (Lipinski definition) is 1. The Morgan fingerprint density at radius 2 is 1.75 bits per heavy atom. The van der Waals surface area contributed by atoms with E-state index in [4.69, 9.17) is 0 Å². The molecule has 0 heterocycles. The van der Waals surface area contributed by atoms with Gasteiger partial charge in [0.15, 0.2) is 0 Å². The predicted molar refractivity (Wildman–Crippen MR) is 71.9 cm³/mol. The highest BCUT2D eigenvalue weighted by Crippen LogP contribution is 2.23. The maximum atomic E-state index is 3.47. The van der Waals surface area contributed by atoms with Crippen LogP contribution in [-0.4, -0.2) is 13.1 Å². The van der Waals surface area contributed by atoms with Crippen molar-refractivity contribution in [1.82, 2.24) is 5.32 Å². The number of rotatable bonds is 6. The van der Waals surface area contributed by atoms with E-state index in [1.165, 1.54) is 17.5 Å². The van der Waals surface area contributed by atoms with E-state index in [2.05, 4.69) is 57.3 Å². The minimum absolute atomic E-state index is 0.653. The van der Waals surface area contributed by atoms with Crippen molar-refractivity contribution in [3.63, 3.8) is 0 Å². The number of benzene rings is 1. The van der Waals surface area contributed by atoms with Crippen LogP contribution in [0.4, 0.5) is 0 Å². The van der Waals surface area contributed by atoms with E-state index in [-0.39, 0.29) is 0 Å². The Labute approximate surface area is 100 Å². The van der Waals surface area contributed by atoms with Gasteiger partial charge in [0.2, 0.25) is 0 Å². The van der Waals surface area contributed by atoms with E-state index in [1.54, 1.807) is 0 Å². The smallest absolute Gasteiger partial charge is 0.00201 e. The highest BCUT2D eigenvalue weighted by molar-refractivity contribution is 5.24. The van der Waals surface area contributed by atoms with Gasteiger partial charge >= 0.3 is 0 Å². The molecule has 1 heteroatoms. The van der Waals surface area contributed by atoms with Gasteiger partial charge in [0.05, 0.1) is 0 Å². The molecule has 16 heavy (non-hydrogen) atoms. The normalized spacial score (nSPS) is 13.1. The van der Waals surface area contributed by atoms with Crippen LogP contribution in [0, 0.1) is 12.8 Å². The van der Waals surface area contributed by atoms with Crippen molar-refractivity contribution in [3.05, 3.63) is 35.4 Å². The Bertz CT molecular complexity index is 287. The summed E-state index contributed by atoms with van der Waals surface area (Å²) in [6, 6.07) is 8.99. The predicted octanol–water partition coefficient (Wildman–Crippen LogP) is 3.73. The van der Waals surface area contributed by atoms with Gasteiger partial charge in [0.1, 0.15) is 0 Å². The van der Waals surface area contributed by atoms with Gasteiger partial charge in [-0.1, -0.05) is 50.6 Å². The third-order valence-electron chi connectivity index (χ3n) is 2.95. The van der Waals surface area contributed by atoms with Crippen LogP contribution in [0.1, 0.15) is 44.2 Å². The molecule has 0 saturated carbocycles. The second kappa shape index (κ2) is 6.70. The van der Waals surface area contributed by atoms with E-state index in [1.807, 2.05) is 0 Å². The van der Waals surface area contributed by atoms with Crippen molar-refractivity contribution in [3.8, 4) is 0 Å². The van der Waals surface area contributed by atoms with Gasteiger partial charge in [0.25, 0.3) is 0 Å². The van der Waals surface area contributed by atoms with Gasteiger partial charge in [-0.05, 0) is 37.3 Å². The number of hydrogen-bond acceptors (Lipinski definition) is 1. The Kier molecular flexibility index (Phi) is 5.54. The lowest BCUT2D eigenvalue weighted by Gasteiger charge is -2.20. The van der Waals surface area contributed by atoms with Crippen LogP contribution < -0.4 is 5.32 Å². The third kappa shape index (κ3) is 4.36. The molecule has 1 atom stereocenters. The molecule has 0 aliphatic carbocycles. The lowest BCUT2D eigenvalue weighted by atomic mass is 9.90. The van der Waals surface area contributed by atoms with E-state index < -0.39 is 0 Å². The fourth-order valence-corrected chi connectivity index (χ4v) is 2.06. The first kappa shape index (κ1) is 13.2. The summed E-state index contributed by atoms with van der Waals surface area (Å²) in [5, 5.41) is 3.47. The molecule has 0 radical (unpaired) electrons. The topological polar surface area (TPSA) is 12.0 Å². The summed E-state index contributed by atoms with van der Waals surface area (Å²) in [4.78, 5) is 0. The number of aryl methyl sites for hydroxylation is 1. The summed E-state index contributed by atoms with van der Waals surface area (Å²) < 4.78 is 0. The molecule has 1 aromatic carbocycles. The average molecular weight is 219 g/mol. The van der Waals surface area contributed by atoms with Crippen LogP contribution in [-0.2, 0) is 0 Å². The number of nitrogens with one attached hydrogen (secondary N) is 1. The second-order valence-electron chi connectivity index (χ2n) is 5.04. The van der Waals surface area contributed by atoms with E-state index >= 15 is 0 Å². The molecule has 0 spiro atoms. The first-order chi connectivity index (χ1) is 7.63. The maximum absolute atomic E-state index is 3.47. The molecule has 0 aliphatic heterocycles. The van der Waals surface area contributed by atoms with Gasteiger partial charge in [-0.15, -0.1) is 0 Å². The standard InChI is InChI=1S/C15H25N/c1-5-16-11-15(10-12(2)3)14-8-6-13(4)7-9-14/h6-9,12,15-16H,5,10-11H2,1-4H3. The first-order valence-electron chi connectivity index (χ1n) is 6.40. The summed E-state index contributed by atoms with van der Waals surface area (Å²) in [5.74, 6) is 1.41. The number of likely N-dealkylation sites (N-methyl/N-ethyl adjacent to an activating group) is 1. The summed E-state index contributed by atoms with van der Waals surface area (Å²) in [7, 11) is 0. The molecule has 1 unspecified atom stereocenters. The minimum atomic E-state index is 0.653. The quantitative estimate of drug-likeness (QED) is 0.768. The van der Waals surface area contributed by atoms with Crippen molar-refractivity contribution < 1.29 is 0 Å². The van der Waals surface area contributed by atoms with Gasteiger partial charge < -0.3 is 5.32 Å². The molecule has 0 fully saturated rings. The molecule has 0 amide bonds. The van der Waals surface area contributed by atoms with Gasteiger partial charge in [0, 0.05) is 6.54 Å². The molecule has 0 saturated heterocycles. The van der Waals surface area contributed by atoms with Crippen LogP contribution in [0.15, 0.2) is 24.3 Å². The molecule has 0 aliphatic rings. The second-order valence-corrected chi connectivity index (χ2v) is 5.04. The van der Waals surface area contributed by atoms with Crippen molar-refractivity contribution in [2.75, 3.05) is 13.1 Å². The molecule has 1 aromatic rings. The highest BCUT2D eigenvalue weighted by atomic mass is 14.8. The molecule has 0 bridgehead atoms. The third-order valence-corrected chi connectivity index (χ3v) is 2.95. The van der Waals surface area contributed by atoms with Crippen LogP contribution in [0.25, 0.3) is 0 Å². The van der Waals surface area contributed by atoms with E-state index in [0.717, 1.165) is 19.0 Å². The summed E-state index contributed by atoms with van der Waals surface area (Å²) >= 11 is 0. The lowest BCUT2D eigenvalue weighted by molar-refractivity contribution is 0.475. The SMILES string of the molecule is CCNCC(CC(C)C)c1ccc(C)cc1. The first-order valence-corrected chi connectivity index (χ1v) is 6.40. The van der Waals surface area contributed by atoms with E-state index in [9.17, 15) is 0 Å². The molecule has 1 N–H and O–H groups in total. The zero-order valence-corrected chi connectivity index (χ0v) is 11.1. The Hall–Kier alpha value is -0.820. The van der Waals surface area contributed by atoms with Gasteiger partial charge in [-0.2, -0.15) is 0 Å². The molecular weight excluding hydrogens is 194 g/mol. The summed E-state index contributed by atoms with van der Waals surface area (Å²) in [5.41, 5.74) is 2.82. The minimum Gasteiger partial charge on any atom is -0.316 e. The average Bonchev–Trinajstić information content (AvgIpc) is 2.25. The Morgan fingerprint density at radius 1 is 1.12 bits per heavy atom. The summed E-state index contributed by atoms with van der Waals surface area (Å²) in [6.07, 6.45) is 1.26. The fourth-order valence-electron chi connectivity index (χ4n) is 2.06. The van der Waals surface area contributed by atoms with Crippen molar-refractivity contribution in [2.24, 2.45) is 5.92 Å².